The summed E-state index contributed by atoms with van der Waals surface area (Å²) in [6.07, 6.45) is -0.0997. The standard InChI is InChI=1S/C16H13Cl2FO3/c1-22-15-6-5-9(17)7-10(15)11(16(20)21)8-12-13(18)3-2-4-14(12)19/h2-7,11H,8H2,1H3,(H,20,21). The monoisotopic (exact) mass is 342 g/mol. The fourth-order valence-electron chi connectivity index (χ4n) is 2.24. The molecule has 2 aromatic rings. The highest BCUT2D eigenvalue weighted by atomic mass is 35.5. The van der Waals surface area contributed by atoms with Gasteiger partial charge in [-0.05, 0) is 36.8 Å². The summed E-state index contributed by atoms with van der Waals surface area (Å²) < 4.78 is 19.1. The summed E-state index contributed by atoms with van der Waals surface area (Å²) in [4.78, 5) is 11.6. The Labute approximate surface area is 137 Å². The molecule has 6 heteroatoms. The van der Waals surface area contributed by atoms with Crippen LogP contribution in [0.25, 0.3) is 0 Å². The van der Waals surface area contributed by atoms with Crippen molar-refractivity contribution in [3.63, 3.8) is 0 Å². The van der Waals surface area contributed by atoms with E-state index in [4.69, 9.17) is 27.9 Å². The number of hydrogen-bond donors (Lipinski definition) is 1. The third kappa shape index (κ3) is 3.51. The lowest BCUT2D eigenvalue weighted by molar-refractivity contribution is -0.138. The van der Waals surface area contributed by atoms with E-state index in [1.54, 1.807) is 12.1 Å². The molecule has 0 saturated carbocycles. The molecule has 1 unspecified atom stereocenters. The van der Waals surface area contributed by atoms with Crippen LogP contribution in [0.1, 0.15) is 17.0 Å². The van der Waals surface area contributed by atoms with Gasteiger partial charge in [0.05, 0.1) is 13.0 Å². The van der Waals surface area contributed by atoms with Gasteiger partial charge in [-0.2, -0.15) is 0 Å². The van der Waals surface area contributed by atoms with Crippen LogP contribution in [0.4, 0.5) is 4.39 Å². The topological polar surface area (TPSA) is 46.5 Å². The number of methoxy groups -OCH3 is 1. The van der Waals surface area contributed by atoms with Crippen LogP contribution < -0.4 is 4.74 Å². The van der Waals surface area contributed by atoms with Crippen LogP contribution in [-0.4, -0.2) is 18.2 Å². The molecule has 0 amide bonds. The predicted molar refractivity (Wildman–Crippen MR) is 83.5 cm³/mol. The second kappa shape index (κ2) is 6.99. The van der Waals surface area contributed by atoms with Gasteiger partial charge >= 0.3 is 5.97 Å². The summed E-state index contributed by atoms with van der Waals surface area (Å²) in [6, 6.07) is 8.92. The number of ether oxygens (including phenoxy) is 1. The van der Waals surface area contributed by atoms with Gasteiger partial charge in [-0.1, -0.05) is 29.3 Å². The number of rotatable bonds is 5. The summed E-state index contributed by atoms with van der Waals surface area (Å²) in [5, 5.41) is 10.1. The number of carboxylic acid groups (broad SMARTS) is 1. The van der Waals surface area contributed by atoms with E-state index in [-0.39, 0.29) is 17.0 Å². The zero-order chi connectivity index (χ0) is 16.3. The first kappa shape index (κ1) is 16.6. The van der Waals surface area contributed by atoms with Gasteiger partial charge in [0.1, 0.15) is 11.6 Å². The average Bonchev–Trinajstić information content (AvgIpc) is 2.46. The lowest BCUT2D eigenvalue weighted by Gasteiger charge is -2.17. The minimum atomic E-state index is -1.11. The summed E-state index contributed by atoms with van der Waals surface area (Å²) in [5.74, 6) is -2.30. The van der Waals surface area contributed by atoms with Crippen molar-refractivity contribution in [2.24, 2.45) is 0 Å². The predicted octanol–water partition coefficient (Wildman–Crippen LogP) is 4.55. The van der Waals surface area contributed by atoms with E-state index >= 15 is 0 Å². The molecule has 2 aromatic carbocycles. The van der Waals surface area contributed by atoms with Gasteiger partial charge < -0.3 is 9.84 Å². The SMILES string of the molecule is COc1ccc(Cl)cc1C(Cc1c(F)cccc1Cl)C(=O)O. The van der Waals surface area contributed by atoms with Crippen molar-refractivity contribution in [3.05, 3.63) is 63.4 Å². The van der Waals surface area contributed by atoms with E-state index < -0.39 is 17.7 Å². The number of carboxylic acids is 1. The molecule has 0 aliphatic rings. The molecular weight excluding hydrogens is 330 g/mol. The highest BCUT2D eigenvalue weighted by Crippen LogP contribution is 2.34. The maximum absolute atomic E-state index is 13.9. The maximum Gasteiger partial charge on any atom is 0.311 e. The molecule has 0 heterocycles. The quantitative estimate of drug-likeness (QED) is 0.866. The Bertz CT molecular complexity index is 684. The number of hydrogen-bond acceptors (Lipinski definition) is 2. The lowest BCUT2D eigenvalue weighted by atomic mass is 9.91. The molecule has 0 spiro atoms. The van der Waals surface area contributed by atoms with E-state index in [0.29, 0.717) is 16.3 Å². The highest BCUT2D eigenvalue weighted by molar-refractivity contribution is 6.31. The van der Waals surface area contributed by atoms with Crippen molar-refractivity contribution in [2.45, 2.75) is 12.3 Å². The molecule has 1 N–H and O–H groups in total. The molecule has 2 rings (SSSR count). The van der Waals surface area contributed by atoms with Crippen LogP contribution in [0.2, 0.25) is 10.0 Å². The van der Waals surface area contributed by atoms with Crippen LogP contribution in [0.15, 0.2) is 36.4 Å². The fraction of sp³-hybridized carbons (Fsp3) is 0.188. The Hall–Kier alpha value is -1.78. The van der Waals surface area contributed by atoms with E-state index in [1.807, 2.05) is 0 Å². The summed E-state index contributed by atoms with van der Waals surface area (Å²) in [6.45, 7) is 0. The molecule has 22 heavy (non-hydrogen) atoms. The Balaban J connectivity index is 2.48. The first-order valence-corrected chi connectivity index (χ1v) is 7.18. The van der Waals surface area contributed by atoms with Crippen molar-refractivity contribution < 1.29 is 19.0 Å². The molecule has 0 aliphatic heterocycles. The van der Waals surface area contributed by atoms with Crippen molar-refractivity contribution >= 4 is 29.2 Å². The largest absolute Gasteiger partial charge is 0.496 e. The number of benzene rings is 2. The second-order valence-corrected chi connectivity index (χ2v) is 5.53. The first-order valence-electron chi connectivity index (χ1n) is 6.43. The van der Waals surface area contributed by atoms with Gasteiger partial charge in [-0.15, -0.1) is 0 Å². The van der Waals surface area contributed by atoms with Gasteiger partial charge in [0.2, 0.25) is 0 Å². The molecule has 3 nitrogen and oxygen atoms in total. The van der Waals surface area contributed by atoms with Gasteiger partial charge in [-0.25, -0.2) is 4.39 Å². The molecule has 0 fully saturated rings. The number of halogens is 3. The number of aliphatic carboxylic acids is 1. The van der Waals surface area contributed by atoms with E-state index in [1.165, 1.54) is 31.4 Å². The normalized spacial score (nSPS) is 12.0. The minimum absolute atomic E-state index is 0.0997. The van der Waals surface area contributed by atoms with Crippen molar-refractivity contribution in [1.82, 2.24) is 0 Å². The van der Waals surface area contributed by atoms with E-state index in [0.717, 1.165) is 0 Å². The zero-order valence-electron chi connectivity index (χ0n) is 11.6. The van der Waals surface area contributed by atoms with Crippen LogP contribution in [-0.2, 0) is 11.2 Å². The average molecular weight is 343 g/mol. The van der Waals surface area contributed by atoms with E-state index in [2.05, 4.69) is 0 Å². The zero-order valence-corrected chi connectivity index (χ0v) is 13.2. The summed E-state index contributed by atoms with van der Waals surface area (Å²) in [7, 11) is 1.43. The molecule has 0 saturated heterocycles. The van der Waals surface area contributed by atoms with Gasteiger partial charge in [0, 0.05) is 21.2 Å². The van der Waals surface area contributed by atoms with Crippen LogP contribution in [0.3, 0.4) is 0 Å². The Morgan fingerprint density at radius 2 is 2.05 bits per heavy atom. The summed E-state index contributed by atoms with van der Waals surface area (Å²) in [5.41, 5.74) is 0.528. The maximum atomic E-state index is 13.9. The van der Waals surface area contributed by atoms with Crippen LogP contribution in [0, 0.1) is 5.82 Å². The van der Waals surface area contributed by atoms with Crippen molar-refractivity contribution in [3.8, 4) is 5.75 Å². The molecule has 1 atom stereocenters. The van der Waals surface area contributed by atoms with Crippen LogP contribution >= 0.6 is 23.2 Å². The molecule has 0 bridgehead atoms. The Kier molecular flexibility index (Phi) is 5.27. The number of carbonyl (C=O) groups is 1. The molecular formula is C16H13Cl2FO3. The molecule has 116 valence electrons. The third-order valence-corrected chi connectivity index (χ3v) is 3.92. The smallest absolute Gasteiger partial charge is 0.311 e. The first-order chi connectivity index (χ1) is 10.4. The minimum Gasteiger partial charge on any atom is -0.496 e. The van der Waals surface area contributed by atoms with E-state index in [9.17, 15) is 14.3 Å². The second-order valence-electron chi connectivity index (χ2n) is 4.68. The van der Waals surface area contributed by atoms with Gasteiger partial charge in [0.15, 0.2) is 0 Å². The molecule has 0 aliphatic carbocycles. The van der Waals surface area contributed by atoms with Crippen molar-refractivity contribution in [1.29, 1.82) is 0 Å². The highest BCUT2D eigenvalue weighted by Gasteiger charge is 2.26. The summed E-state index contributed by atoms with van der Waals surface area (Å²) >= 11 is 11.9. The van der Waals surface area contributed by atoms with Crippen molar-refractivity contribution in [2.75, 3.05) is 7.11 Å². The van der Waals surface area contributed by atoms with Crippen LogP contribution in [0.5, 0.6) is 5.75 Å². The van der Waals surface area contributed by atoms with Gasteiger partial charge in [-0.3, -0.25) is 4.79 Å². The Morgan fingerprint density at radius 1 is 1.32 bits per heavy atom. The van der Waals surface area contributed by atoms with Gasteiger partial charge in [0.25, 0.3) is 0 Å². The molecule has 0 radical (unpaired) electrons. The Morgan fingerprint density at radius 3 is 2.64 bits per heavy atom. The molecule has 0 aromatic heterocycles. The lowest BCUT2D eigenvalue weighted by Crippen LogP contribution is -2.16. The fourth-order valence-corrected chi connectivity index (χ4v) is 2.66. The third-order valence-electron chi connectivity index (χ3n) is 3.34.